The summed E-state index contributed by atoms with van der Waals surface area (Å²) in [6, 6.07) is 5.91. The predicted molar refractivity (Wildman–Crippen MR) is 87.8 cm³/mol. The van der Waals surface area contributed by atoms with Crippen LogP contribution in [0.5, 0.6) is 0 Å². The summed E-state index contributed by atoms with van der Waals surface area (Å²) >= 11 is 3.16. The number of nitrogens with zero attached hydrogens (tertiary/aromatic N) is 2. The molecular formula is C15H18N2O3S2. The van der Waals surface area contributed by atoms with Crippen molar-refractivity contribution in [3.8, 4) is 10.6 Å². The summed E-state index contributed by atoms with van der Waals surface area (Å²) in [5.74, 6) is 2.28. The number of thiophene rings is 1. The first-order valence-corrected chi connectivity index (χ1v) is 9.25. The topological polar surface area (TPSA) is 66.6 Å². The zero-order chi connectivity index (χ0) is 15.4. The Morgan fingerprint density at radius 2 is 2.50 bits per heavy atom. The van der Waals surface area contributed by atoms with Crippen molar-refractivity contribution in [1.29, 1.82) is 0 Å². The van der Waals surface area contributed by atoms with Gasteiger partial charge in [0.15, 0.2) is 5.76 Å². The fraction of sp³-hybridized carbons (Fsp3) is 0.467. The van der Waals surface area contributed by atoms with Gasteiger partial charge in [-0.15, -0.1) is 23.1 Å². The maximum absolute atomic E-state index is 12.1. The average molecular weight is 338 g/mol. The van der Waals surface area contributed by atoms with Crippen molar-refractivity contribution in [3.05, 3.63) is 29.3 Å². The number of likely N-dealkylation sites (tertiary alicyclic amines) is 1. The van der Waals surface area contributed by atoms with Crippen LogP contribution in [0.1, 0.15) is 12.1 Å². The monoisotopic (exact) mass is 338 g/mol. The van der Waals surface area contributed by atoms with Crippen LogP contribution < -0.4 is 0 Å². The highest BCUT2D eigenvalue weighted by molar-refractivity contribution is 7.99. The van der Waals surface area contributed by atoms with Gasteiger partial charge in [-0.05, 0) is 17.9 Å². The smallest absolute Gasteiger partial charge is 0.232 e. The minimum atomic E-state index is 0.142. The Morgan fingerprint density at radius 3 is 3.23 bits per heavy atom. The van der Waals surface area contributed by atoms with E-state index < -0.39 is 0 Å². The Morgan fingerprint density at radius 1 is 1.59 bits per heavy atom. The molecule has 1 aliphatic rings. The fourth-order valence-corrected chi connectivity index (χ4v) is 3.93. The molecule has 118 valence electrons. The number of thioether (sulfide) groups is 1. The Bertz CT molecular complexity index is 612. The molecule has 5 nitrogen and oxygen atoms in total. The van der Waals surface area contributed by atoms with Gasteiger partial charge in [-0.25, -0.2) is 0 Å². The van der Waals surface area contributed by atoms with Gasteiger partial charge in [0, 0.05) is 37.4 Å². The van der Waals surface area contributed by atoms with E-state index in [1.54, 1.807) is 23.1 Å². The number of amides is 1. The Balaban J connectivity index is 1.44. The molecule has 0 radical (unpaired) electrons. The normalized spacial score (nSPS) is 18.0. The van der Waals surface area contributed by atoms with E-state index in [1.807, 2.05) is 28.5 Å². The average Bonchev–Trinajstić information content (AvgIpc) is 3.27. The second-order valence-electron chi connectivity index (χ2n) is 5.33. The van der Waals surface area contributed by atoms with Crippen LogP contribution in [0.4, 0.5) is 0 Å². The summed E-state index contributed by atoms with van der Waals surface area (Å²) in [6.07, 6.45) is 0.903. The molecule has 0 aliphatic carbocycles. The third kappa shape index (κ3) is 3.71. The second kappa shape index (κ2) is 7.30. The van der Waals surface area contributed by atoms with Gasteiger partial charge in [0.1, 0.15) is 0 Å². The van der Waals surface area contributed by atoms with Gasteiger partial charge in [-0.1, -0.05) is 11.2 Å². The molecule has 1 aliphatic heterocycles. The minimum absolute atomic E-state index is 0.142. The molecule has 0 aromatic carbocycles. The van der Waals surface area contributed by atoms with E-state index in [0.29, 0.717) is 18.1 Å². The van der Waals surface area contributed by atoms with Crippen LogP contribution in [-0.2, 0) is 10.5 Å². The molecule has 2 aromatic rings. The van der Waals surface area contributed by atoms with Crippen LogP contribution in [0.25, 0.3) is 10.6 Å². The van der Waals surface area contributed by atoms with Crippen molar-refractivity contribution in [2.75, 3.05) is 25.4 Å². The van der Waals surface area contributed by atoms with Gasteiger partial charge >= 0.3 is 0 Å². The molecule has 22 heavy (non-hydrogen) atoms. The lowest BCUT2D eigenvalue weighted by Gasteiger charge is -2.15. The Hall–Kier alpha value is -1.31. The lowest BCUT2D eigenvalue weighted by Crippen LogP contribution is -2.30. The standard InChI is InChI=1S/C15H18N2O3S2/c18-8-11-3-4-17(7-11)15(19)10-21-9-12-6-13(20-16-12)14-2-1-5-22-14/h1-2,5-6,11,18H,3-4,7-10H2. The first-order valence-electron chi connectivity index (χ1n) is 7.22. The molecule has 1 amide bonds. The highest BCUT2D eigenvalue weighted by Crippen LogP contribution is 2.26. The van der Waals surface area contributed by atoms with Gasteiger partial charge in [-0.3, -0.25) is 4.79 Å². The van der Waals surface area contributed by atoms with E-state index in [1.165, 1.54) is 0 Å². The zero-order valence-corrected chi connectivity index (χ0v) is 13.7. The molecule has 3 heterocycles. The molecule has 1 unspecified atom stereocenters. The van der Waals surface area contributed by atoms with E-state index in [2.05, 4.69) is 5.16 Å². The van der Waals surface area contributed by atoms with Crippen LogP contribution in [0.15, 0.2) is 28.1 Å². The predicted octanol–water partition coefficient (Wildman–Crippen LogP) is 2.48. The number of aliphatic hydroxyl groups excluding tert-OH is 1. The quantitative estimate of drug-likeness (QED) is 0.876. The highest BCUT2D eigenvalue weighted by atomic mass is 32.2. The van der Waals surface area contributed by atoms with Crippen molar-refractivity contribution >= 4 is 29.0 Å². The van der Waals surface area contributed by atoms with E-state index in [4.69, 9.17) is 9.63 Å². The fourth-order valence-electron chi connectivity index (χ4n) is 2.46. The molecule has 1 N–H and O–H groups in total. The zero-order valence-electron chi connectivity index (χ0n) is 12.1. The molecule has 7 heteroatoms. The number of hydrogen-bond acceptors (Lipinski definition) is 6. The van der Waals surface area contributed by atoms with Crippen molar-refractivity contribution < 1.29 is 14.4 Å². The van der Waals surface area contributed by atoms with Crippen molar-refractivity contribution in [2.24, 2.45) is 5.92 Å². The lowest BCUT2D eigenvalue weighted by atomic mass is 10.1. The third-order valence-corrected chi connectivity index (χ3v) is 5.53. The summed E-state index contributed by atoms with van der Waals surface area (Å²) in [5, 5.41) is 15.2. The molecule has 0 bridgehead atoms. The summed E-state index contributed by atoms with van der Waals surface area (Å²) in [5.41, 5.74) is 0.857. The molecular weight excluding hydrogens is 320 g/mol. The van der Waals surface area contributed by atoms with Gasteiger partial charge in [0.05, 0.1) is 16.3 Å². The van der Waals surface area contributed by atoms with Gasteiger partial charge < -0.3 is 14.5 Å². The second-order valence-corrected chi connectivity index (χ2v) is 7.26. The Kier molecular flexibility index (Phi) is 5.17. The maximum atomic E-state index is 12.1. The van der Waals surface area contributed by atoms with Gasteiger partial charge in [0.25, 0.3) is 0 Å². The van der Waals surface area contributed by atoms with Gasteiger partial charge in [-0.2, -0.15) is 0 Å². The summed E-state index contributed by atoms with van der Waals surface area (Å²) in [4.78, 5) is 15.0. The van der Waals surface area contributed by atoms with Crippen molar-refractivity contribution in [3.63, 3.8) is 0 Å². The van der Waals surface area contributed by atoms with E-state index in [-0.39, 0.29) is 18.4 Å². The number of carbonyl (C=O) groups excluding carboxylic acids is 1. The molecule has 3 rings (SSSR count). The summed E-state index contributed by atoms with van der Waals surface area (Å²) in [6.45, 7) is 1.61. The number of aliphatic hydroxyl groups is 1. The molecule has 1 atom stereocenters. The number of carbonyl (C=O) groups is 1. The molecule has 2 aromatic heterocycles. The highest BCUT2D eigenvalue weighted by Gasteiger charge is 2.25. The molecule has 0 saturated carbocycles. The van der Waals surface area contributed by atoms with E-state index in [9.17, 15) is 4.79 Å². The largest absolute Gasteiger partial charge is 0.396 e. The molecule has 1 fully saturated rings. The first-order chi connectivity index (χ1) is 10.8. The van der Waals surface area contributed by atoms with Crippen LogP contribution in [-0.4, -0.2) is 46.5 Å². The summed E-state index contributed by atoms with van der Waals surface area (Å²) in [7, 11) is 0. The maximum Gasteiger partial charge on any atom is 0.232 e. The van der Waals surface area contributed by atoms with Crippen LogP contribution in [0.2, 0.25) is 0 Å². The Labute approximate surface area is 137 Å². The number of aromatic nitrogens is 1. The van der Waals surface area contributed by atoms with Crippen LogP contribution in [0.3, 0.4) is 0 Å². The third-order valence-electron chi connectivity index (χ3n) is 3.70. The van der Waals surface area contributed by atoms with Crippen molar-refractivity contribution in [2.45, 2.75) is 12.2 Å². The SMILES string of the molecule is O=C(CSCc1cc(-c2cccs2)on1)N1CCC(CO)C1. The summed E-state index contributed by atoms with van der Waals surface area (Å²) < 4.78 is 5.32. The lowest BCUT2D eigenvalue weighted by molar-refractivity contribution is -0.127. The van der Waals surface area contributed by atoms with Crippen molar-refractivity contribution in [1.82, 2.24) is 10.1 Å². The van der Waals surface area contributed by atoms with Crippen LogP contribution in [0, 0.1) is 5.92 Å². The van der Waals surface area contributed by atoms with Gasteiger partial charge in [0.2, 0.25) is 5.91 Å². The number of rotatable bonds is 6. The van der Waals surface area contributed by atoms with E-state index in [0.717, 1.165) is 29.3 Å². The molecule has 0 spiro atoms. The molecule has 1 saturated heterocycles. The van der Waals surface area contributed by atoms with E-state index >= 15 is 0 Å². The number of hydrogen-bond donors (Lipinski definition) is 1. The first kappa shape index (κ1) is 15.6. The van der Waals surface area contributed by atoms with Crippen LogP contribution >= 0.6 is 23.1 Å². The minimum Gasteiger partial charge on any atom is -0.396 e.